The predicted octanol–water partition coefficient (Wildman–Crippen LogP) is 2.04. The molecule has 2 rings (SSSR count). The molecule has 2 aliphatic rings. The third kappa shape index (κ3) is 0.888. The smallest absolute Gasteiger partial charge is 0.173 e. The summed E-state index contributed by atoms with van der Waals surface area (Å²) in [6.07, 6.45) is 3.01. The lowest BCUT2D eigenvalue weighted by Gasteiger charge is -2.01. The molecule has 1 spiro atoms. The van der Waals surface area contributed by atoms with E-state index in [0.717, 1.165) is 36.8 Å². The number of carbonyl (C=O) groups is 2. The molecule has 0 radical (unpaired) electrons. The van der Waals surface area contributed by atoms with Gasteiger partial charge in [-0.3, -0.25) is 9.59 Å². The van der Waals surface area contributed by atoms with Crippen LogP contribution in [0.25, 0.3) is 0 Å². The van der Waals surface area contributed by atoms with E-state index in [1.54, 1.807) is 0 Å². The van der Waals surface area contributed by atoms with Gasteiger partial charge < -0.3 is 0 Å². The first-order valence-corrected chi connectivity index (χ1v) is 4.99. The molecule has 0 atom stereocenters. The summed E-state index contributed by atoms with van der Waals surface area (Å²) in [4.78, 5) is 23.6. The summed E-state index contributed by atoms with van der Waals surface area (Å²) < 4.78 is 0. The van der Waals surface area contributed by atoms with E-state index in [1.807, 2.05) is 13.8 Å². The number of rotatable bonds is 2. The third-order valence-electron chi connectivity index (χ3n) is 3.24. The molecule has 0 bridgehead atoms. The van der Waals surface area contributed by atoms with Crippen molar-refractivity contribution in [3.05, 3.63) is 11.1 Å². The fourth-order valence-corrected chi connectivity index (χ4v) is 2.28. The zero-order valence-electron chi connectivity index (χ0n) is 8.14. The Morgan fingerprint density at radius 3 is 1.62 bits per heavy atom. The minimum Gasteiger partial charge on any atom is -0.293 e. The number of Topliss-reactive ketones (excluding diaryl/α,β-unsaturated/α-hetero) is 2. The van der Waals surface area contributed by atoms with Crippen LogP contribution in [-0.2, 0) is 9.59 Å². The molecule has 0 saturated heterocycles. The van der Waals surface area contributed by atoms with Gasteiger partial charge in [-0.05, 0) is 25.7 Å². The van der Waals surface area contributed by atoms with Gasteiger partial charge in [-0.15, -0.1) is 0 Å². The summed E-state index contributed by atoms with van der Waals surface area (Å²) in [5.41, 5.74) is 1.08. The lowest BCUT2D eigenvalue weighted by Crippen LogP contribution is -2.18. The normalized spacial score (nSPS) is 24.8. The predicted molar refractivity (Wildman–Crippen MR) is 49.3 cm³/mol. The Balaban J connectivity index is 2.45. The maximum absolute atomic E-state index is 11.8. The zero-order valence-corrected chi connectivity index (χ0v) is 8.14. The average molecular weight is 178 g/mol. The molecule has 0 aromatic heterocycles. The van der Waals surface area contributed by atoms with Crippen LogP contribution in [0.3, 0.4) is 0 Å². The second kappa shape index (κ2) is 2.53. The second-order valence-corrected chi connectivity index (χ2v) is 3.90. The van der Waals surface area contributed by atoms with E-state index in [2.05, 4.69) is 0 Å². The number of carbonyl (C=O) groups excluding carboxylic acids is 2. The van der Waals surface area contributed by atoms with Gasteiger partial charge in [0.1, 0.15) is 0 Å². The first-order valence-electron chi connectivity index (χ1n) is 4.99. The van der Waals surface area contributed by atoms with Gasteiger partial charge in [0.15, 0.2) is 11.6 Å². The molecule has 0 N–H and O–H groups in total. The zero-order chi connectivity index (χ0) is 9.64. The Morgan fingerprint density at radius 1 is 1.00 bits per heavy atom. The summed E-state index contributed by atoms with van der Waals surface area (Å²) in [5, 5.41) is 0. The van der Waals surface area contributed by atoms with Crippen LogP contribution in [0.1, 0.15) is 39.5 Å². The van der Waals surface area contributed by atoms with Crippen LogP contribution in [0.15, 0.2) is 11.1 Å². The Kier molecular flexibility index (Phi) is 1.69. The highest BCUT2D eigenvalue weighted by molar-refractivity contribution is 6.29. The van der Waals surface area contributed by atoms with Gasteiger partial charge >= 0.3 is 0 Å². The fraction of sp³-hybridized carbons (Fsp3) is 0.636. The molecule has 0 aromatic carbocycles. The first-order chi connectivity index (χ1) is 6.17. The van der Waals surface area contributed by atoms with Gasteiger partial charge in [-0.1, -0.05) is 13.8 Å². The van der Waals surface area contributed by atoms with E-state index in [-0.39, 0.29) is 11.6 Å². The third-order valence-corrected chi connectivity index (χ3v) is 3.24. The van der Waals surface area contributed by atoms with Crippen molar-refractivity contribution in [3.63, 3.8) is 0 Å². The van der Waals surface area contributed by atoms with Gasteiger partial charge in [-0.25, -0.2) is 0 Å². The van der Waals surface area contributed by atoms with Crippen molar-refractivity contribution in [2.75, 3.05) is 0 Å². The molecule has 13 heavy (non-hydrogen) atoms. The molecule has 0 heterocycles. The Labute approximate surface area is 78.0 Å². The standard InChI is InChI=1S/C11H14O2/c1-3-7-8(4-2)10(13)11(5-6-11)9(7)12/h3-6H2,1-2H3. The maximum atomic E-state index is 11.8. The topological polar surface area (TPSA) is 34.1 Å². The molecule has 70 valence electrons. The Morgan fingerprint density at radius 2 is 1.38 bits per heavy atom. The lowest BCUT2D eigenvalue weighted by molar-refractivity contribution is -0.128. The lowest BCUT2D eigenvalue weighted by atomic mass is 9.99. The molecule has 2 nitrogen and oxygen atoms in total. The van der Waals surface area contributed by atoms with E-state index in [9.17, 15) is 9.59 Å². The SMILES string of the molecule is CCC1=C(CC)C(=O)C2(CC2)C1=O. The number of hydrogen-bond acceptors (Lipinski definition) is 2. The summed E-state index contributed by atoms with van der Waals surface area (Å²) >= 11 is 0. The van der Waals surface area contributed by atoms with E-state index < -0.39 is 5.41 Å². The highest BCUT2D eigenvalue weighted by Gasteiger charge is 2.61. The van der Waals surface area contributed by atoms with Crippen LogP contribution < -0.4 is 0 Å². The van der Waals surface area contributed by atoms with Gasteiger partial charge in [0.25, 0.3) is 0 Å². The van der Waals surface area contributed by atoms with E-state index >= 15 is 0 Å². The Bertz CT molecular complexity index is 291. The fourth-order valence-electron chi connectivity index (χ4n) is 2.28. The number of hydrogen-bond donors (Lipinski definition) is 0. The van der Waals surface area contributed by atoms with E-state index in [4.69, 9.17) is 0 Å². The average Bonchev–Trinajstić information content (AvgIpc) is 2.89. The van der Waals surface area contributed by atoms with Crippen LogP contribution in [0.5, 0.6) is 0 Å². The van der Waals surface area contributed by atoms with Gasteiger partial charge in [0, 0.05) is 11.1 Å². The Hall–Kier alpha value is -0.920. The maximum Gasteiger partial charge on any atom is 0.173 e. The van der Waals surface area contributed by atoms with Crippen molar-refractivity contribution < 1.29 is 9.59 Å². The molecule has 2 aliphatic carbocycles. The first kappa shape index (κ1) is 8.67. The molecule has 0 amide bonds. The number of allylic oxidation sites excluding steroid dienone is 2. The van der Waals surface area contributed by atoms with E-state index in [1.165, 1.54) is 0 Å². The molecule has 1 saturated carbocycles. The quantitative estimate of drug-likeness (QED) is 0.606. The van der Waals surface area contributed by atoms with Crippen LogP contribution in [0, 0.1) is 5.41 Å². The highest BCUT2D eigenvalue weighted by Crippen LogP contribution is 2.55. The minimum absolute atomic E-state index is 0.136. The van der Waals surface area contributed by atoms with Gasteiger partial charge in [0.2, 0.25) is 0 Å². The van der Waals surface area contributed by atoms with Crippen LogP contribution in [0.2, 0.25) is 0 Å². The molecule has 0 aromatic rings. The minimum atomic E-state index is -0.545. The molecule has 2 heteroatoms. The molecular formula is C11H14O2. The van der Waals surface area contributed by atoms with Crippen LogP contribution in [-0.4, -0.2) is 11.6 Å². The van der Waals surface area contributed by atoms with Crippen LogP contribution >= 0.6 is 0 Å². The van der Waals surface area contributed by atoms with Crippen molar-refractivity contribution in [1.82, 2.24) is 0 Å². The largest absolute Gasteiger partial charge is 0.293 e. The summed E-state index contributed by atoms with van der Waals surface area (Å²) in [5.74, 6) is 0.272. The molecule has 0 aliphatic heterocycles. The highest BCUT2D eigenvalue weighted by atomic mass is 16.2. The van der Waals surface area contributed by atoms with Crippen molar-refractivity contribution in [3.8, 4) is 0 Å². The molecule has 1 fully saturated rings. The summed E-state index contributed by atoms with van der Waals surface area (Å²) in [7, 11) is 0. The molecule has 0 unspecified atom stereocenters. The monoisotopic (exact) mass is 178 g/mol. The van der Waals surface area contributed by atoms with Crippen LogP contribution in [0.4, 0.5) is 0 Å². The summed E-state index contributed by atoms with van der Waals surface area (Å²) in [6, 6.07) is 0. The van der Waals surface area contributed by atoms with Crippen molar-refractivity contribution in [2.45, 2.75) is 39.5 Å². The van der Waals surface area contributed by atoms with Crippen molar-refractivity contribution in [1.29, 1.82) is 0 Å². The number of ketones is 2. The van der Waals surface area contributed by atoms with Gasteiger partial charge in [0.05, 0.1) is 5.41 Å². The van der Waals surface area contributed by atoms with Crippen molar-refractivity contribution >= 4 is 11.6 Å². The van der Waals surface area contributed by atoms with Gasteiger partial charge in [-0.2, -0.15) is 0 Å². The molecular weight excluding hydrogens is 164 g/mol. The van der Waals surface area contributed by atoms with Crippen molar-refractivity contribution in [2.24, 2.45) is 5.41 Å². The van der Waals surface area contributed by atoms with E-state index in [0.29, 0.717) is 0 Å². The summed E-state index contributed by atoms with van der Waals surface area (Å²) in [6.45, 7) is 3.91. The second-order valence-electron chi connectivity index (χ2n) is 3.90.